The maximum atomic E-state index is 13.8. The summed E-state index contributed by atoms with van der Waals surface area (Å²) in [5.41, 5.74) is 0.279. The molecule has 0 saturated heterocycles. The van der Waals surface area contributed by atoms with Gasteiger partial charge in [0, 0.05) is 26.0 Å². The Kier molecular flexibility index (Phi) is 4.67. The normalized spacial score (nSPS) is 10.7. The second-order valence-electron chi connectivity index (χ2n) is 5.04. The molecule has 0 aliphatic carbocycles. The van der Waals surface area contributed by atoms with E-state index in [0.717, 1.165) is 6.42 Å². The minimum atomic E-state index is -0.383. The van der Waals surface area contributed by atoms with E-state index in [2.05, 4.69) is 9.97 Å². The Hall–Kier alpha value is -2.24. The molecule has 0 bridgehead atoms. The third-order valence-corrected chi connectivity index (χ3v) is 3.21. The van der Waals surface area contributed by atoms with Gasteiger partial charge in [0.15, 0.2) is 0 Å². The van der Waals surface area contributed by atoms with Gasteiger partial charge in [0.1, 0.15) is 23.5 Å². The van der Waals surface area contributed by atoms with Gasteiger partial charge >= 0.3 is 0 Å². The average Bonchev–Trinajstić information content (AvgIpc) is 2.46. The molecular weight excluding hydrogens is 271 g/mol. The number of para-hydroxylation sites is 1. The highest BCUT2D eigenvalue weighted by molar-refractivity contribution is 5.91. The fourth-order valence-electron chi connectivity index (χ4n) is 2.12. The van der Waals surface area contributed by atoms with Crippen molar-refractivity contribution in [3.05, 3.63) is 30.3 Å². The van der Waals surface area contributed by atoms with Crippen molar-refractivity contribution in [1.82, 2.24) is 14.9 Å². The molecule has 1 aromatic heterocycles. The van der Waals surface area contributed by atoms with Crippen molar-refractivity contribution in [3.63, 3.8) is 0 Å². The van der Waals surface area contributed by atoms with E-state index in [1.165, 1.54) is 17.3 Å². The Labute approximate surface area is 123 Å². The predicted octanol–water partition coefficient (Wildman–Crippen LogP) is 2.07. The Bertz CT molecular complexity index is 645. The van der Waals surface area contributed by atoms with Crippen LogP contribution in [0.15, 0.2) is 24.5 Å². The van der Waals surface area contributed by atoms with Crippen molar-refractivity contribution in [2.45, 2.75) is 13.3 Å². The first-order valence-corrected chi connectivity index (χ1v) is 6.89. The first kappa shape index (κ1) is 15.2. The number of amides is 1. The Morgan fingerprint density at radius 3 is 2.71 bits per heavy atom. The number of carbonyl (C=O) groups is 1. The fourth-order valence-corrected chi connectivity index (χ4v) is 2.12. The van der Waals surface area contributed by atoms with E-state index in [-0.39, 0.29) is 23.8 Å². The molecule has 2 rings (SSSR count). The van der Waals surface area contributed by atoms with Gasteiger partial charge in [-0.1, -0.05) is 13.0 Å². The first-order chi connectivity index (χ1) is 10.0. The Morgan fingerprint density at radius 2 is 2.05 bits per heavy atom. The van der Waals surface area contributed by atoms with Crippen LogP contribution in [0.2, 0.25) is 0 Å². The summed E-state index contributed by atoms with van der Waals surface area (Å²) in [7, 11) is 3.43. The lowest BCUT2D eigenvalue weighted by Gasteiger charge is -2.25. The highest BCUT2D eigenvalue weighted by atomic mass is 19.1. The van der Waals surface area contributed by atoms with Crippen LogP contribution in [-0.4, -0.2) is 48.0 Å². The van der Waals surface area contributed by atoms with Gasteiger partial charge in [0.05, 0.1) is 6.54 Å². The molecular formula is C15H19FN4O. The highest BCUT2D eigenvalue weighted by Crippen LogP contribution is 2.24. The average molecular weight is 290 g/mol. The van der Waals surface area contributed by atoms with Crippen LogP contribution in [0.3, 0.4) is 0 Å². The molecule has 0 fully saturated rings. The highest BCUT2D eigenvalue weighted by Gasteiger charge is 2.17. The molecule has 1 amide bonds. The summed E-state index contributed by atoms with van der Waals surface area (Å²) < 4.78 is 13.8. The van der Waals surface area contributed by atoms with E-state index < -0.39 is 0 Å². The van der Waals surface area contributed by atoms with Gasteiger partial charge < -0.3 is 9.80 Å². The molecule has 1 aromatic carbocycles. The van der Waals surface area contributed by atoms with Crippen molar-refractivity contribution >= 4 is 22.6 Å². The molecule has 2 aromatic rings. The maximum Gasteiger partial charge on any atom is 0.241 e. The molecule has 0 unspecified atom stereocenters. The summed E-state index contributed by atoms with van der Waals surface area (Å²) in [6, 6.07) is 4.77. The van der Waals surface area contributed by atoms with Crippen LogP contribution in [0.4, 0.5) is 10.2 Å². The number of likely N-dealkylation sites (N-methyl/N-ethyl adjacent to an activating group) is 1. The minimum absolute atomic E-state index is 0.0217. The standard InChI is InChI=1S/C15H19FN4O/c1-4-8-20(9-13(21)19(2)3)15-11-6-5-7-12(16)14(11)17-10-18-15/h5-7,10H,4,8-9H2,1-3H3. The quantitative estimate of drug-likeness (QED) is 0.846. The van der Waals surface area contributed by atoms with E-state index in [4.69, 9.17) is 0 Å². The number of hydrogen-bond acceptors (Lipinski definition) is 4. The number of carbonyl (C=O) groups excluding carboxylic acids is 1. The molecule has 6 heteroatoms. The summed E-state index contributed by atoms with van der Waals surface area (Å²) in [6.07, 6.45) is 2.20. The van der Waals surface area contributed by atoms with Crippen molar-refractivity contribution in [1.29, 1.82) is 0 Å². The molecule has 112 valence electrons. The van der Waals surface area contributed by atoms with Gasteiger partial charge in [-0.25, -0.2) is 14.4 Å². The number of halogens is 1. The van der Waals surface area contributed by atoms with Crippen LogP contribution >= 0.6 is 0 Å². The van der Waals surface area contributed by atoms with E-state index >= 15 is 0 Å². The summed E-state index contributed by atoms with van der Waals surface area (Å²) in [6.45, 7) is 2.91. The first-order valence-electron chi connectivity index (χ1n) is 6.89. The van der Waals surface area contributed by atoms with Crippen LogP contribution in [0.5, 0.6) is 0 Å². The van der Waals surface area contributed by atoms with Crippen molar-refractivity contribution in [3.8, 4) is 0 Å². The zero-order valence-corrected chi connectivity index (χ0v) is 12.5. The summed E-state index contributed by atoms with van der Waals surface area (Å²) in [4.78, 5) is 23.6. The van der Waals surface area contributed by atoms with Gasteiger partial charge in [-0.15, -0.1) is 0 Å². The number of nitrogens with zero attached hydrogens (tertiary/aromatic N) is 4. The Balaban J connectivity index is 2.45. The third kappa shape index (κ3) is 3.26. The van der Waals surface area contributed by atoms with E-state index in [9.17, 15) is 9.18 Å². The van der Waals surface area contributed by atoms with Crippen molar-refractivity contribution < 1.29 is 9.18 Å². The monoisotopic (exact) mass is 290 g/mol. The van der Waals surface area contributed by atoms with Gasteiger partial charge in [0.25, 0.3) is 0 Å². The van der Waals surface area contributed by atoms with Crippen molar-refractivity contribution in [2.75, 3.05) is 32.1 Å². The number of fused-ring (bicyclic) bond motifs is 1. The van der Waals surface area contributed by atoms with Crippen LogP contribution in [0.25, 0.3) is 10.9 Å². The molecule has 5 nitrogen and oxygen atoms in total. The number of rotatable bonds is 5. The van der Waals surface area contributed by atoms with Crippen LogP contribution in [0, 0.1) is 5.82 Å². The summed E-state index contributed by atoms with van der Waals surface area (Å²) in [5, 5.41) is 0.623. The maximum absolute atomic E-state index is 13.8. The molecule has 0 N–H and O–H groups in total. The molecule has 21 heavy (non-hydrogen) atoms. The molecule has 1 heterocycles. The lowest BCUT2D eigenvalue weighted by atomic mass is 10.2. The molecule has 0 radical (unpaired) electrons. The number of aromatic nitrogens is 2. The number of benzene rings is 1. The fraction of sp³-hybridized carbons (Fsp3) is 0.400. The topological polar surface area (TPSA) is 49.3 Å². The predicted molar refractivity (Wildman–Crippen MR) is 80.7 cm³/mol. The summed E-state index contributed by atoms with van der Waals surface area (Å²) in [5.74, 6) is 0.190. The number of hydrogen-bond donors (Lipinski definition) is 0. The molecule has 0 atom stereocenters. The minimum Gasteiger partial charge on any atom is -0.347 e. The van der Waals surface area contributed by atoms with Crippen molar-refractivity contribution in [2.24, 2.45) is 0 Å². The zero-order valence-electron chi connectivity index (χ0n) is 12.5. The van der Waals surface area contributed by atoms with Crippen LogP contribution < -0.4 is 4.90 Å². The van der Waals surface area contributed by atoms with Gasteiger partial charge in [-0.3, -0.25) is 4.79 Å². The second kappa shape index (κ2) is 6.47. The van der Waals surface area contributed by atoms with Gasteiger partial charge in [-0.05, 0) is 18.6 Å². The lowest BCUT2D eigenvalue weighted by Crippen LogP contribution is -2.37. The van der Waals surface area contributed by atoms with E-state index in [1.807, 2.05) is 11.8 Å². The lowest BCUT2D eigenvalue weighted by molar-refractivity contribution is -0.127. The third-order valence-electron chi connectivity index (χ3n) is 3.21. The van der Waals surface area contributed by atoms with Crippen LogP contribution in [0.1, 0.15) is 13.3 Å². The van der Waals surface area contributed by atoms with Crippen LogP contribution in [-0.2, 0) is 4.79 Å². The number of anilines is 1. The van der Waals surface area contributed by atoms with Gasteiger partial charge in [0.2, 0.25) is 5.91 Å². The molecule has 0 saturated carbocycles. The smallest absolute Gasteiger partial charge is 0.241 e. The zero-order chi connectivity index (χ0) is 15.4. The molecule has 0 spiro atoms. The SMILES string of the molecule is CCCN(CC(=O)N(C)C)c1ncnc2c(F)cccc12. The van der Waals surface area contributed by atoms with E-state index in [0.29, 0.717) is 17.7 Å². The van der Waals surface area contributed by atoms with Gasteiger partial charge in [-0.2, -0.15) is 0 Å². The summed E-state index contributed by atoms with van der Waals surface area (Å²) >= 11 is 0. The van der Waals surface area contributed by atoms with E-state index in [1.54, 1.807) is 26.2 Å². The Morgan fingerprint density at radius 1 is 1.29 bits per heavy atom. The molecule has 0 aliphatic rings. The largest absolute Gasteiger partial charge is 0.347 e. The molecule has 0 aliphatic heterocycles. The second-order valence-corrected chi connectivity index (χ2v) is 5.04.